The number of thiazole rings is 1. The van der Waals surface area contributed by atoms with E-state index in [1.54, 1.807) is 12.1 Å². The average Bonchev–Trinajstić information content (AvgIpc) is 2.99. The van der Waals surface area contributed by atoms with Crippen molar-refractivity contribution in [3.05, 3.63) is 59.2 Å². The quantitative estimate of drug-likeness (QED) is 0.689. The van der Waals surface area contributed by atoms with Crippen LogP contribution >= 0.6 is 11.3 Å². The highest BCUT2D eigenvalue weighted by Crippen LogP contribution is 2.33. The average molecular weight is 371 g/mol. The molecule has 0 radical (unpaired) electrons. The van der Waals surface area contributed by atoms with E-state index in [1.165, 1.54) is 23.5 Å². The first-order valence-electron chi connectivity index (χ1n) is 8.00. The van der Waals surface area contributed by atoms with E-state index in [9.17, 15) is 14.3 Å². The van der Waals surface area contributed by atoms with E-state index in [2.05, 4.69) is 10.3 Å². The molecule has 0 fully saturated rings. The molecule has 0 unspecified atom stereocenters. The van der Waals surface area contributed by atoms with Gasteiger partial charge in [0, 0.05) is 28.5 Å². The van der Waals surface area contributed by atoms with Gasteiger partial charge in [-0.25, -0.2) is 9.37 Å². The summed E-state index contributed by atoms with van der Waals surface area (Å²) in [6.45, 7) is 2.50. The lowest BCUT2D eigenvalue weighted by Crippen LogP contribution is -2.24. The summed E-state index contributed by atoms with van der Waals surface area (Å²) in [7, 11) is 0. The molecule has 134 valence electrons. The van der Waals surface area contributed by atoms with Crippen LogP contribution in [0.5, 0.6) is 5.75 Å². The smallest absolute Gasteiger partial charge is 0.187 e. The maximum Gasteiger partial charge on any atom is 0.187 e. The number of carbonyl (C=O) groups is 1. The van der Waals surface area contributed by atoms with Crippen LogP contribution in [0.4, 0.5) is 15.2 Å². The van der Waals surface area contributed by atoms with Crippen LogP contribution in [0.3, 0.4) is 0 Å². The second-order valence-electron chi connectivity index (χ2n) is 5.43. The topological polar surface area (TPSA) is 74.3 Å². The van der Waals surface area contributed by atoms with E-state index in [0.29, 0.717) is 27.9 Å². The maximum atomic E-state index is 13.1. The van der Waals surface area contributed by atoms with Crippen molar-refractivity contribution in [1.29, 1.82) is 0 Å². The Hall–Kier alpha value is -2.93. The molecule has 0 saturated carbocycles. The standard InChI is InChI=1S/C19H17FN2O3S/c1-2-25-15-9-7-14(8-10-15)21-19-22-18(16(26-19)11-17(23)24)12-3-5-13(20)6-4-12/h3-10H,2,11H2,1H3,(H,21,22)(H,23,24)/p-1. The Morgan fingerprint density at radius 2 is 1.88 bits per heavy atom. The highest BCUT2D eigenvalue weighted by molar-refractivity contribution is 7.16. The molecule has 5 nitrogen and oxygen atoms in total. The summed E-state index contributed by atoms with van der Waals surface area (Å²) in [5.41, 5.74) is 1.96. The lowest BCUT2D eigenvalue weighted by molar-refractivity contribution is -0.304. The van der Waals surface area contributed by atoms with Crippen molar-refractivity contribution < 1.29 is 19.0 Å². The normalized spacial score (nSPS) is 10.5. The number of benzene rings is 2. The van der Waals surface area contributed by atoms with Gasteiger partial charge in [-0.15, -0.1) is 11.3 Å². The summed E-state index contributed by atoms with van der Waals surface area (Å²) in [6.07, 6.45) is -0.255. The van der Waals surface area contributed by atoms with Gasteiger partial charge in [0.2, 0.25) is 0 Å². The van der Waals surface area contributed by atoms with Gasteiger partial charge in [-0.3, -0.25) is 0 Å². The molecule has 0 amide bonds. The van der Waals surface area contributed by atoms with E-state index in [0.717, 1.165) is 11.4 Å². The molecule has 0 aliphatic rings. The predicted octanol–water partition coefficient (Wildman–Crippen LogP) is 3.38. The number of aliphatic carboxylic acids is 1. The number of carboxylic acids is 1. The minimum absolute atomic E-state index is 0.255. The molecule has 3 rings (SSSR count). The first-order chi connectivity index (χ1) is 12.5. The minimum Gasteiger partial charge on any atom is -0.550 e. The molecule has 7 heteroatoms. The summed E-state index contributed by atoms with van der Waals surface area (Å²) in [5, 5.41) is 14.7. The zero-order valence-electron chi connectivity index (χ0n) is 14.0. The Balaban J connectivity index is 1.87. The van der Waals surface area contributed by atoms with Gasteiger partial charge < -0.3 is 20.0 Å². The van der Waals surface area contributed by atoms with Crippen LogP contribution in [0.1, 0.15) is 11.8 Å². The van der Waals surface area contributed by atoms with Crippen molar-refractivity contribution in [2.75, 3.05) is 11.9 Å². The van der Waals surface area contributed by atoms with E-state index < -0.39 is 5.97 Å². The minimum atomic E-state index is -1.19. The van der Waals surface area contributed by atoms with Crippen molar-refractivity contribution in [2.45, 2.75) is 13.3 Å². The largest absolute Gasteiger partial charge is 0.550 e. The van der Waals surface area contributed by atoms with Gasteiger partial charge in [-0.05, 0) is 55.5 Å². The van der Waals surface area contributed by atoms with E-state index in [4.69, 9.17) is 4.74 Å². The number of carbonyl (C=O) groups excluding carboxylic acids is 1. The number of halogens is 1. The first kappa shape index (κ1) is 17.9. The molecule has 0 atom stereocenters. The zero-order valence-corrected chi connectivity index (χ0v) is 14.8. The lowest BCUT2D eigenvalue weighted by Gasteiger charge is -2.05. The number of hydrogen-bond acceptors (Lipinski definition) is 6. The van der Waals surface area contributed by atoms with E-state index in [1.807, 2.05) is 31.2 Å². The number of ether oxygens (including phenoxy) is 1. The van der Waals surface area contributed by atoms with Crippen molar-refractivity contribution >= 4 is 28.1 Å². The molecule has 0 saturated heterocycles. The van der Waals surface area contributed by atoms with Crippen LogP contribution in [0.2, 0.25) is 0 Å². The van der Waals surface area contributed by atoms with Gasteiger partial charge in [0.25, 0.3) is 0 Å². The Morgan fingerprint density at radius 3 is 2.50 bits per heavy atom. The van der Waals surface area contributed by atoms with Crippen LogP contribution in [-0.2, 0) is 11.2 Å². The second kappa shape index (κ2) is 7.97. The molecule has 1 aromatic heterocycles. The van der Waals surface area contributed by atoms with E-state index in [-0.39, 0.29) is 12.2 Å². The summed E-state index contributed by atoms with van der Waals surface area (Å²) >= 11 is 1.23. The SMILES string of the molecule is CCOc1ccc(Nc2nc(-c3ccc(F)cc3)c(CC(=O)[O-])s2)cc1. The number of nitrogens with zero attached hydrogens (tertiary/aromatic N) is 1. The Labute approximate surface area is 154 Å². The molecule has 0 spiro atoms. The van der Waals surface area contributed by atoms with Crippen molar-refractivity contribution in [2.24, 2.45) is 0 Å². The summed E-state index contributed by atoms with van der Waals surface area (Å²) in [5.74, 6) is -0.787. The van der Waals surface area contributed by atoms with Gasteiger partial charge in [0.1, 0.15) is 11.6 Å². The number of aromatic nitrogens is 1. The van der Waals surface area contributed by atoms with Gasteiger partial charge in [0.05, 0.1) is 12.3 Å². The van der Waals surface area contributed by atoms with Crippen LogP contribution in [0, 0.1) is 5.82 Å². The number of rotatable bonds is 7. The molecule has 0 aliphatic heterocycles. The number of carboxylic acid groups (broad SMARTS) is 1. The molecule has 1 heterocycles. The first-order valence-corrected chi connectivity index (χ1v) is 8.82. The van der Waals surface area contributed by atoms with Crippen LogP contribution < -0.4 is 15.2 Å². The number of nitrogens with one attached hydrogen (secondary N) is 1. The van der Waals surface area contributed by atoms with Crippen LogP contribution in [0.15, 0.2) is 48.5 Å². The van der Waals surface area contributed by atoms with Crippen LogP contribution in [-0.4, -0.2) is 17.6 Å². The fourth-order valence-corrected chi connectivity index (χ4v) is 3.40. The van der Waals surface area contributed by atoms with E-state index >= 15 is 0 Å². The zero-order chi connectivity index (χ0) is 18.5. The van der Waals surface area contributed by atoms with Crippen molar-refractivity contribution in [3.8, 4) is 17.0 Å². The summed E-state index contributed by atoms with van der Waals surface area (Å²) in [6, 6.07) is 13.2. The Morgan fingerprint density at radius 1 is 1.19 bits per heavy atom. The molecule has 3 aromatic rings. The Kier molecular flexibility index (Phi) is 5.48. The van der Waals surface area contributed by atoms with Gasteiger partial charge >= 0.3 is 0 Å². The van der Waals surface area contributed by atoms with Crippen molar-refractivity contribution in [3.63, 3.8) is 0 Å². The maximum absolute atomic E-state index is 13.1. The monoisotopic (exact) mass is 371 g/mol. The van der Waals surface area contributed by atoms with Gasteiger partial charge in [-0.1, -0.05) is 0 Å². The van der Waals surface area contributed by atoms with Gasteiger partial charge in [0.15, 0.2) is 5.13 Å². The highest BCUT2D eigenvalue weighted by atomic mass is 32.1. The molecule has 1 N–H and O–H groups in total. The fraction of sp³-hybridized carbons (Fsp3) is 0.158. The fourth-order valence-electron chi connectivity index (χ4n) is 2.41. The highest BCUT2D eigenvalue weighted by Gasteiger charge is 2.14. The number of hydrogen-bond donors (Lipinski definition) is 1. The predicted molar refractivity (Wildman–Crippen MR) is 97.1 cm³/mol. The molecule has 0 bridgehead atoms. The molecule has 0 aliphatic carbocycles. The number of anilines is 2. The van der Waals surface area contributed by atoms with Crippen LogP contribution in [0.25, 0.3) is 11.3 Å². The third-order valence-corrected chi connectivity index (χ3v) is 4.51. The summed E-state index contributed by atoms with van der Waals surface area (Å²) in [4.78, 5) is 16.1. The Bertz CT molecular complexity index is 892. The third-order valence-electron chi connectivity index (χ3n) is 3.54. The third kappa shape index (κ3) is 4.37. The van der Waals surface area contributed by atoms with Crippen molar-refractivity contribution in [1.82, 2.24) is 4.98 Å². The van der Waals surface area contributed by atoms with Gasteiger partial charge in [-0.2, -0.15) is 0 Å². The lowest BCUT2D eigenvalue weighted by atomic mass is 10.1. The summed E-state index contributed by atoms with van der Waals surface area (Å²) < 4.78 is 18.6. The second-order valence-corrected chi connectivity index (χ2v) is 6.51. The molecular formula is C19H16FN2O3S-. The molecule has 2 aromatic carbocycles. The molecular weight excluding hydrogens is 355 g/mol. The molecule has 26 heavy (non-hydrogen) atoms.